The first-order chi connectivity index (χ1) is 15.5. The monoisotopic (exact) mass is 431 g/mol. The van der Waals surface area contributed by atoms with E-state index in [2.05, 4.69) is 10.4 Å². The Labute approximate surface area is 185 Å². The van der Waals surface area contributed by atoms with E-state index in [-0.39, 0.29) is 30.5 Å². The van der Waals surface area contributed by atoms with Gasteiger partial charge in [0.25, 0.3) is 0 Å². The molecule has 0 aliphatic carbocycles. The molecule has 0 saturated carbocycles. The van der Waals surface area contributed by atoms with Crippen LogP contribution in [0.2, 0.25) is 0 Å². The number of nitrogens with one attached hydrogen (secondary N) is 1. The lowest BCUT2D eigenvalue weighted by Gasteiger charge is -2.08. The van der Waals surface area contributed by atoms with Crippen LogP contribution in [0.5, 0.6) is 0 Å². The summed E-state index contributed by atoms with van der Waals surface area (Å²) in [6.07, 6.45) is 0.617. The molecule has 0 aliphatic rings. The molecule has 0 aliphatic heterocycles. The minimum Gasteiger partial charge on any atom is -0.352 e. The van der Waals surface area contributed by atoms with Crippen molar-refractivity contribution in [2.24, 2.45) is 0 Å². The quantitative estimate of drug-likeness (QED) is 0.427. The molecule has 0 fully saturated rings. The van der Waals surface area contributed by atoms with Gasteiger partial charge in [0, 0.05) is 30.5 Å². The average Bonchev–Trinajstić information content (AvgIpc) is 3.22. The summed E-state index contributed by atoms with van der Waals surface area (Å²) in [7, 11) is 0. The Morgan fingerprint density at radius 3 is 2.50 bits per heavy atom. The SMILES string of the molecule is Cc1ccc(-n2nc(CCC(=O)NCc3ccccc3F)cc2-c2cccc(F)c2)cc1. The first-order valence-electron chi connectivity index (χ1n) is 10.4. The number of aromatic nitrogens is 2. The van der Waals surface area contributed by atoms with Crippen LogP contribution in [0.3, 0.4) is 0 Å². The third-order valence-electron chi connectivity index (χ3n) is 5.20. The molecule has 32 heavy (non-hydrogen) atoms. The van der Waals surface area contributed by atoms with Gasteiger partial charge in [-0.15, -0.1) is 0 Å². The lowest BCUT2D eigenvalue weighted by molar-refractivity contribution is -0.121. The first kappa shape index (κ1) is 21.4. The Morgan fingerprint density at radius 1 is 0.969 bits per heavy atom. The molecule has 3 aromatic carbocycles. The smallest absolute Gasteiger partial charge is 0.220 e. The molecule has 0 bridgehead atoms. The fraction of sp³-hybridized carbons (Fsp3) is 0.154. The molecule has 6 heteroatoms. The van der Waals surface area contributed by atoms with Crippen LogP contribution in [0.15, 0.2) is 78.9 Å². The van der Waals surface area contributed by atoms with Gasteiger partial charge in [-0.2, -0.15) is 5.10 Å². The minimum absolute atomic E-state index is 0.137. The van der Waals surface area contributed by atoms with Crippen molar-refractivity contribution in [2.75, 3.05) is 0 Å². The third-order valence-corrected chi connectivity index (χ3v) is 5.20. The van der Waals surface area contributed by atoms with Gasteiger partial charge >= 0.3 is 0 Å². The second-order valence-corrected chi connectivity index (χ2v) is 7.65. The number of carbonyl (C=O) groups is 1. The predicted molar refractivity (Wildman–Crippen MR) is 120 cm³/mol. The van der Waals surface area contributed by atoms with Gasteiger partial charge in [0.2, 0.25) is 5.91 Å². The summed E-state index contributed by atoms with van der Waals surface area (Å²) in [6, 6.07) is 22.5. The largest absolute Gasteiger partial charge is 0.352 e. The second-order valence-electron chi connectivity index (χ2n) is 7.65. The van der Waals surface area contributed by atoms with Crippen LogP contribution in [0, 0.1) is 18.6 Å². The van der Waals surface area contributed by atoms with E-state index in [1.54, 1.807) is 28.9 Å². The van der Waals surface area contributed by atoms with Crippen LogP contribution in [-0.4, -0.2) is 15.7 Å². The second kappa shape index (κ2) is 9.56. The number of rotatable bonds is 7. The summed E-state index contributed by atoms with van der Waals surface area (Å²) in [5, 5.41) is 7.42. The van der Waals surface area contributed by atoms with E-state index in [0.717, 1.165) is 16.9 Å². The molecule has 0 unspecified atom stereocenters. The molecule has 0 saturated heterocycles. The Bertz CT molecular complexity index is 1230. The van der Waals surface area contributed by atoms with E-state index in [1.807, 2.05) is 43.3 Å². The van der Waals surface area contributed by atoms with Crippen LogP contribution in [0.1, 0.15) is 23.2 Å². The van der Waals surface area contributed by atoms with Crippen molar-refractivity contribution >= 4 is 5.91 Å². The van der Waals surface area contributed by atoms with Gasteiger partial charge in [0.15, 0.2) is 0 Å². The summed E-state index contributed by atoms with van der Waals surface area (Å²) in [5.41, 5.74) is 4.58. The topological polar surface area (TPSA) is 46.9 Å². The number of hydrogen-bond acceptors (Lipinski definition) is 2. The van der Waals surface area contributed by atoms with E-state index in [1.165, 1.54) is 18.2 Å². The van der Waals surface area contributed by atoms with Gasteiger partial charge in [-0.25, -0.2) is 13.5 Å². The van der Waals surface area contributed by atoms with E-state index in [0.29, 0.717) is 23.2 Å². The van der Waals surface area contributed by atoms with Crippen molar-refractivity contribution in [1.29, 1.82) is 0 Å². The zero-order chi connectivity index (χ0) is 22.5. The summed E-state index contributed by atoms with van der Waals surface area (Å²) in [4.78, 5) is 12.3. The standard InChI is InChI=1S/C26H23F2N3O/c1-18-9-12-23(13-10-18)31-25(19-6-4-7-21(27)15-19)16-22(30-31)11-14-26(32)29-17-20-5-2-3-8-24(20)28/h2-10,12-13,15-16H,11,14,17H2,1H3,(H,29,32). The molecular formula is C26H23F2N3O. The van der Waals surface area contributed by atoms with Crippen molar-refractivity contribution in [3.63, 3.8) is 0 Å². The van der Waals surface area contributed by atoms with Gasteiger partial charge in [-0.05, 0) is 43.3 Å². The van der Waals surface area contributed by atoms with Crippen LogP contribution in [0.4, 0.5) is 8.78 Å². The summed E-state index contributed by atoms with van der Waals surface area (Å²) < 4.78 is 29.3. The van der Waals surface area contributed by atoms with Crippen LogP contribution in [-0.2, 0) is 17.8 Å². The number of amides is 1. The Kier molecular flexibility index (Phi) is 6.40. The maximum atomic E-state index is 13.8. The Balaban J connectivity index is 1.51. The van der Waals surface area contributed by atoms with Crippen LogP contribution in [0.25, 0.3) is 16.9 Å². The van der Waals surface area contributed by atoms with E-state index in [9.17, 15) is 13.6 Å². The van der Waals surface area contributed by atoms with E-state index >= 15 is 0 Å². The van der Waals surface area contributed by atoms with Gasteiger partial charge in [-0.3, -0.25) is 4.79 Å². The average molecular weight is 431 g/mol. The van der Waals surface area contributed by atoms with Crippen molar-refractivity contribution < 1.29 is 13.6 Å². The molecule has 4 rings (SSSR count). The lowest BCUT2D eigenvalue weighted by atomic mass is 10.1. The molecular weight excluding hydrogens is 408 g/mol. The lowest BCUT2D eigenvalue weighted by Crippen LogP contribution is -2.23. The minimum atomic E-state index is -0.343. The highest BCUT2D eigenvalue weighted by atomic mass is 19.1. The highest BCUT2D eigenvalue weighted by molar-refractivity contribution is 5.76. The molecule has 0 spiro atoms. The number of carbonyl (C=O) groups excluding carboxylic acids is 1. The molecule has 1 heterocycles. The number of hydrogen-bond donors (Lipinski definition) is 1. The normalized spacial score (nSPS) is 10.8. The summed E-state index contributed by atoms with van der Waals surface area (Å²) >= 11 is 0. The fourth-order valence-electron chi connectivity index (χ4n) is 3.45. The zero-order valence-electron chi connectivity index (χ0n) is 17.7. The molecule has 1 N–H and O–H groups in total. The molecule has 0 radical (unpaired) electrons. The molecule has 1 amide bonds. The fourth-order valence-corrected chi connectivity index (χ4v) is 3.45. The molecule has 4 nitrogen and oxygen atoms in total. The Hall–Kier alpha value is -3.80. The third kappa shape index (κ3) is 5.09. The first-order valence-corrected chi connectivity index (χ1v) is 10.4. The van der Waals surface area contributed by atoms with Gasteiger partial charge in [0.05, 0.1) is 17.1 Å². The maximum absolute atomic E-state index is 13.8. The summed E-state index contributed by atoms with van der Waals surface area (Å²) in [6.45, 7) is 2.14. The molecule has 1 aromatic heterocycles. The van der Waals surface area contributed by atoms with Crippen LogP contribution >= 0.6 is 0 Å². The highest BCUT2D eigenvalue weighted by Crippen LogP contribution is 2.25. The van der Waals surface area contributed by atoms with Gasteiger partial charge in [-0.1, -0.05) is 48.0 Å². The van der Waals surface area contributed by atoms with E-state index < -0.39 is 0 Å². The highest BCUT2D eigenvalue weighted by Gasteiger charge is 2.14. The van der Waals surface area contributed by atoms with E-state index in [4.69, 9.17) is 0 Å². The molecule has 162 valence electrons. The van der Waals surface area contributed by atoms with Crippen LogP contribution < -0.4 is 5.32 Å². The van der Waals surface area contributed by atoms with Gasteiger partial charge in [0.1, 0.15) is 11.6 Å². The van der Waals surface area contributed by atoms with Crippen molar-refractivity contribution in [3.05, 3.63) is 107 Å². The molecule has 4 aromatic rings. The van der Waals surface area contributed by atoms with Gasteiger partial charge < -0.3 is 5.32 Å². The number of benzene rings is 3. The number of halogens is 2. The zero-order valence-corrected chi connectivity index (χ0v) is 17.7. The van der Waals surface area contributed by atoms with Crippen molar-refractivity contribution in [3.8, 4) is 16.9 Å². The van der Waals surface area contributed by atoms with Crippen molar-refractivity contribution in [2.45, 2.75) is 26.3 Å². The number of nitrogens with zero attached hydrogens (tertiary/aromatic N) is 2. The molecule has 0 atom stereocenters. The summed E-state index contributed by atoms with van der Waals surface area (Å²) in [5.74, 6) is -0.858. The number of aryl methyl sites for hydroxylation is 2. The predicted octanol–water partition coefficient (Wildman–Crippen LogP) is 5.37. The van der Waals surface area contributed by atoms with Crippen molar-refractivity contribution in [1.82, 2.24) is 15.1 Å². The maximum Gasteiger partial charge on any atom is 0.220 e. The Morgan fingerprint density at radius 2 is 1.75 bits per heavy atom.